The van der Waals surface area contributed by atoms with E-state index in [2.05, 4.69) is 38.4 Å². The Labute approximate surface area is 116 Å². The van der Waals surface area contributed by atoms with E-state index in [-0.39, 0.29) is 0 Å². The van der Waals surface area contributed by atoms with Crippen LogP contribution in [0.3, 0.4) is 0 Å². The molecule has 0 spiro atoms. The molecule has 0 saturated carbocycles. The topological polar surface area (TPSA) is 50.9 Å². The summed E-state index contributed by atoms with van der Waals surface area (Å²) in [6.45, 7) is 3.36. The summed E-state index contributed by atoms with van der Waals surface area (Å²) in [5.41, 5.74) is 9.15. The number of anilines is 1. The summed E-state index contributed by atoms with van der Waals surface area (Å²) < 4.78 is 1.01. The monoisotopic (exact) mass is 305 g/mol. The van der Waals surface area contributed by atoms with E-state index in [4.69, 9.17) is 5.73 Å². The highest BCUT2D eigenvalue weighted by Gasteiger charge is 2.03. The van der Waals surface area contributed by atoms with Gasteiger partial charge in [0.15, 0.2) is 0 Å². The second-order valence-corrected chi connectivity index (χ2v) is 4.96. The van der Waals surface area contributed by atoms with E-state index >= 15 is 0 Å². The van der Waals surface area contributed by atoms with E-state index < -0.39 is 0 Å². The molecule has 0 atom stereocenters. The van der Waals surface area contributed by atoms with Crippen LogP contribution in [0, 0.1) is 6.92 Å². The molecule has 3 N–H and O–H groups in total. The molecule has 2 rings (SSSR count). The van der Waals surface area contributed by atoms with Crippen LogP contribution >= 0.6 is 15.9 Å². The molecule has 0 aliphatic rings. The minimum atomic E-state index is 0.570. The highest BCUT2D eigenvalue weighted by molar-refractivity contribution is 9.10. The van der Waals surface area contributed by atoms with Crippen LogP contribution in [0.1, 0.15) is 16.7 Å². The Morgan fingerprint density at radius 3 is 2.83 bits per heavy atom. The van der Waals surface area contributed by atoms with Crippen LogP contribution in [0.4, 0.5) is 5.82 Å². The molecular formula is C14H16BrN3. The summed E-state index contributed by atoms with van der Waals surface area (Å²) in [5, 5.41) is 3.32. The summed E-state index contributed by atoms with van der Waals surface area (Å²) in [5.74, 6) is 0.869. The third-order valence-corrected chi connectivity index (χ3v) is 3.77. The quantitative estimate of drug-likeness (QED) is 0.912. The zero-order valence-electron chi connectivity index (χ0n) is 10.3. The lowest BCUT2D eigenvalue weighted by Crippen LogP contribution is -2.04. The fourth-order valence-corrected chi connectivity index (χ4v) is 2.09. The maximum atomic E-state index is 5.63. The first kappa shape index (κ1) is 13.1. The number of aromatic nitrogens is 1. The lowest BCUT2D eigenvalue weighted by Gasteiger charge is -2.09. The van der Waals surface area contributed by atoms with Gasteiger partial charge in [0.1, 0.15) is 5.82 Å². The van der Waals surface area contributed by atoms with Crippen molar-refractivity contribution < 1.29 is 0 Å². The van der Waals surface area contributed by atoms with Crippen molar-refractivity contribution >= 4 is 21.7 Å². The zero-order chi connectivity index (χ0) is 13.0. The van der Waals surface area contributed by atoms with Gasteiger partial charge in [-0.15, -0.1) is 0 Å². The van der Waals surface area contributed by atoms with Gasteiger partial charge in [0.2, 0.25) is 0 Å². The SMILES string of the molecule is Cc1ccnc(NCc2cccc(CN)c2)c1Br. The number of halogens is 1. The van der Waals surface area contributed by atoms with Crippen LogP contribution in [0.15, 0.2) is 41.0 Å². The van der Waals surface area contributed by atoms with Gasteiger partial charge >= 0.3 is 0 Å². The van der Waals surface area contributed by atoms with Crippen molar-refractivity contribution in [3.63, 3.8) is 0 Å². The first-order valence-electron chi connectivity index (χ1n) is 5.83. The van der Waals surface area contributed by atoms with Crippen molar-refractivity contribution in [3.8, 4) is 0 Å². The third-order valence-electron chi connectivity index (χ3n) is 2.77. The molecule has 1 aromatic heterocycles. The minimum Gasteiger partial charge on any atom is -0.365 e. The Balaban J connectivity index is 2.09. The highest BCUT2D eigenvalue weighted by atomic mass is 79.9. The molecule has 0 aliphatic heterocycles. The lowest BCUT2D eigenvalue weighted by atomic mass is 10.1. The molecule has 94 valence electrons. The molecule has 0 fully saturated rings. The number of rotatable bonds is 4. The molecule has 18 heavy (non-hydrogen) atoms. The van der Waals surface area contributed by atoms with Gasteiger partial charge in [-0.25, -0.2) is 4.98 Å². The number of pyridine rings is 1. The van der Waals surface area contributed by atoms with Crippen LogP contribution in [0.2, 0.25) is 0 Å². The Hall–Kier alpha value is -1.39. The summed E-state index contributed by atoms with van der Waals surface area (Å²) in [7, 11) is 0. The van der Waals surface area contributed by atoms with E-state index in [0.717, 1.165) is 22.4 Å². The van der Waals surface area contributed by atoms with E-state index in [1.165, 1.54) is 11.1 Å². The second-order valence-electron chi connectivity index (χ2n) is 4.17. The molecule has 0 saturated heterocycles. The van der Waals surface area contributed by atoms with Crippen molar-refractivity contribution in [2.45, 2.75) is 20.0 Å². The van der Waals surface area contributed by atoms with Crippen LogP contribution < -0.4 is 11.1 Å². The Morgan fingerprint density at radius 2 is 2.06 bits per heavy atom. The molecular weight excluding hydrogens is 290 g/mol. The van der Waals surface area contributed by atoms with Gasteiger partial charge in [-0.1, -0.05) is 24.3 Å². The fraction of sp³-hybridized carbons (Fsp3) is 0.214. The molecule has 4 heteroatoms. The summed E-state index contributed by atoms with van der Waals surface area (Å²) >= 11 is 3.54. The van der Waals surface area contributed by atoms with Gasteiger partial charge in [0.05, 0.1) is 4.47 Å². The number of nitrogens with zero attached hydrogens (tertiary/aromatic N) is 1. The molecule has 0 unspecified atom stereocenters. The van der Waals surface area contributed by atoms with Crippen molar-refractivity contribution in [2.24, 2.45) is 5.73 Å². The van der Waals surface area contributed by atoms with Gasteiger partial charge in [0.25, 0.3) is 0 Å². The molecule has 0 radical (unpaired) electrons. The van der Waals surface area contributed by atoms with Crippen molar-refractivity contribution in [2.75, 3.05) is 5.32 Å². The maximum Gasteiger partial charge on any atom is 0.140 e. The zero-order valence-corrected chi connectivity index (χ0v) is 11.9. The summed E-state index contributed by atoms with van der Waals surface area (Å²) in [6, 6.07) is 10.2. The Bertz CT molecular complexity index is 540. The second kappa shape index (κ2) is 5.98. The Kier molecular flexibility index (Phi) is 4.33. The predicted octanol–water partition coefficient (Wildman–Crippen LogP) is 3.22. The average Bonchev–Trinajstić information content (AvgIpc) is 2.41. The average molecular weight is 306 g/mol. The first-order chi connectivity index (χ1) is 8.70. The first-order valence-corrected chi connectivity index (χ1v) is 6.63. The van der Waals surface area contributed by atoms with Crippen LogP contribution in [0.5, 0.6) is 0 Å². The molecule has 2 aromatic rings. The van der Waals surface area contributed by atoms with Crippen LogP contribution in [0.25, 0.3) is 0 Å². The largest absolute Gasteiger partial charge is 0.365 e. The maximum absolute atomic E-state index is 5.63. The highest BCUT2D eigenvalue weighted by Crippen LogP contribution is 2.23. The lowest BCUT2D eigenvalue weighted by molar-refractivity contribution is 1.04. The number of nitrogens with one attached hydrogen (secondary N) is 1. The predicted molar refractivity (Wildman–Crippen MR) is 78.3 cm³/mol. The van der Waals surface area contributed by atoms with E-state index in [9.17, 15) is 0 Å². The number of benzene rings is 1. The van der Waals surface area contributed by atoms with Gasteiger partial charge in [-0.3, -0.25) is 0 Å². The van der Waals surface area contributed by atoms with Gasteiger partial charge < -0.3 is 11.1 Å². The smallest absolute Gasteiger partial charge is 0.140 e. The normalized spacial score (nSPS) is 10.4. The minimum absolute atomic E-state index is 0.570. The van der Waals surface area contributed by atoms with Crippen molar-refractivity contribution in [1.29, 1.82) is 0 Å². The van der Waals surface area contributed by atoms with Crippen molar-refractivity contribution in [1.82, 2.24) is 4.98 Å². The fourth-order valence-electron chi connectivity index (χ4n) is 1.72. The number of hydrogen-bond donors (Lipinski definition) is 2. The number of hydrogen-bond acceptors (Lipinski definition) is 3. The van der Waals surface area contributed by atoms with E-state index in [1.807, 2.05) is 25.1 Å². The standard InChI is InChI=1S/C14H16BrN3/c1-10-5-6-17-14(13(10)15)18-9-12-4-2-3-11(7-12)8-16/h2-7H,8-9,16H2,1H3,(H,17,18). The molecule has 0 amide bonds. The Morgan fingerprint density at radius 1 is 1.28 bits per heavy atom. The van der Waals surface area contributed by atoms with Crippen LogP contribution in [-0.4, -0.2) is 4.98 Å². The molecule has 0 aliphatic carbocycles. The van der Waals surface area contributed by atoms with Gasteiger partial charge in [-0.2, -0.15) is 0 Å². The van der Waals surface area contributed by atoms with Gasteiger partial charge in [-0.05, 0) is 45.6 Å². The van der Waals surface area contributed by atoms with E-state index in [1.54, 1.807) is 6.20 Å². The molecule has 1 aromatic carbocycles. The van der Waals surface area contributed by atoms with Crippen LogP contribution in [-0.2, 0) is 13.1 Å². The molecule has 0 bridgehead atoms. The molecule has 3 nitrogen and oxygen atoms in total. The van der Waals surface area contributed by atoms with Crippen molar-refractivity contribution in [3.05, 3.63) is 57.7 Å². The molecule has 1 heterocycles. The van der Waals surface area contributed by atoms with E-state index in [0.29, 0.717) is 6.54 Å². The third kappa shape index (κ3) is 3.09. The number of nitrogens with two attached hydrogens (primary N) is 1. The summed E-state index contributed by atoms with van der Waals surface area (Å²) in [4.78, 5) is 4.31. The number of aryl methyl sites for hydroxylation is 1. The van der Waals surface area contributed by atoms with Gasteiger partial charge in [0, 0.05) is 19.3 Å². The summed E-state index contributed by atoms with van der Waals surface area (Å²) in [6.07, 6.45) is 1.80.